The minimum Gasteiger partial charge on any atom is -0.389 e. The first-order chi connectivity index (χ1) is 9.93. The van der Waals surface area contributed by atoms with Crippen LogP contribution in [-0.4, -0.2) is 50.8 Å². The molecule has 0 amide bonds. The molecule has 0 aliphatic rings. The second kappa shape index (κ2) is 9.38. The quantitative estimate of drug-likeness (QED) is 0.629. The number of aliphatic hydroxyl groups is 1. The van der Waals surface area contributed by atoms with Crippen LogP contribution in [0.5, 0.6) is 0 Å². The van der Waals surface area contributed by atoms with E-state index in [1.807, 2.05) is 12.1 Å². The molecule has 0 spiro atoms. The van der Waals surface area contributed by atoms with Gasteiger partial charge in [0.1, 0.15) is 0 Å². The van der Waals surface area contributed by atoms with Crippen LogP contribution in [0.2, 0.25) is 5.02 Å². The minimum absolute atomic E-state index is 0.0852. The van der Waals surface area contributed by atoms with E-state index in [4.69, 9.17) is 16.3 Å². The summed E-state index contributed by atoms with van der Waals surface area (Å²) in [5.74, 6) is 0.225. The van der Waals surface area contributed by atoms with Crippen LogP contribution in [0.1, 0.15) is 12.5 Å². The van der Waals surface area contributed by atoms with Crippen LogP contribution in [0, 0.1) is 0 Å². The van der Waals surface area contributed by atoms with E-state index in [1.165, 1.54) is 0 Å². The first-order valence-electron chi connectivity index (χ1n) is 6.84. The Kier molecular flexibility index (Phi) is 8.21. The standard InChI is InChI=1S/C14H22ClNO4S/c1-2-21(18,19)8-7-16-9-14(17)11-20-10-12-3-5-13(15)6-4-12/h3-6,14,16-17H,2,7-11H2,1H3. The lowest BCUT2D eigenvalue weighted by Crippen LogP contribution is -2.33. The molecule has 0 fully saturated rings. The molecule has 1 aromatic rings. The maximum atomic E-state index is 11.3. The van der Waals surface area contributed by atoms with Gasteiger partial charge in [-0.05, 0) is 17.7 Å². The Bertz CT molecular complexity index is 504. The van der Waals surface area contributed by atoms with Crippen molar-refractivity contribution in [2.45, 2.75) is 19.6 Å². The number of benzene rings is 1. The number of sulfone groups is 1. The topological polar surface area (TPSA) is 75.6 Å². The first-order valence-corrected chi connectivity index (χ1v) is 9.04. The van der Waals surface area contributed by atoms with Crippen LogP contribution in [0.15, 0.2) is 24.3 Å². The normalized spacial score (nSPS) is 13.3. The third-order valence-corrected chi connectivity index (χ3v) is 4.86. The van der Waals surface area contributed by atoms with Gasteiger partial charge >= 0.3 is 0 Å². The van der Waals surface area contributed by atoms with Gasteiger partial charge in [-0.25, -0.2) is 8.42 Å². The van der Waals surface area contributed by atoms with Gasteiger partial charge < -0.3 is 15.2 Å². The summed E-state index contributed by atoms with van der Waals surface area (Å²) in [5.41, 5.74) is 0.980. The third kappa shape index (κ3) is 8.38. The highest BCUT2D eigenvalue weighted by molar-refractivity contribution is 7.91. The fourth-order valence-electron chi connectivity index (χ4n) is 1.59. The highest BCUT2D eigenvalue weighted by Gasteiger charge is 2.08. The largest absolute Gasteiger partial charge is 0.389 e. The van der Waals surface area contributed by atoms with E-state index in [2.05, 4.69) is 5.32 Å². The van der Waals surface area contributed by atoms with Crippen LogP contribution in [0.3, 0.4) is 0 Å². The first kappa shape index (κ1) is 18.4. The molecule has 1 atom stereocenters. The lowest BCUT2D eigenvalue weighted by atomic mass is 10.2. The number of aliphatic hydroxyl groups excluding tert-OH is 1. The summed E-state index contributed by atoms with van der Waals surface area (Å²) in [4.78, 5) is 0. The van der Waals surface area contributed by atoms with Crippen molar-refractivity contribution < 1.29 is 18.3 Å². The van der Waals surface area contributed by atoms with Gasteiger partial charge in [-0.15, -0.1) is 0 Å². The Morgan fingerprint density at radius 3 is 2.62 bits per heavy atom. The molecule has 0 aliphatic heterocycles. The average molecular weight is 336 g/mol. The van der Waals surface area contributed by atoms with Crippen molar-refractivity contribution in [1.29, 1.82) is 0 Å². The lowest BCUT2D eigenvalue weighted by molar-refractivity contribution is 0.0291. The Hall–Kier alpha value is -0.660. The van der Waals surface area contributed by atoms with Crippen molar-refractivity contribution in [2.24, 2.45) is 0 Å². The smallest absolute Gasteiger partial charge is 0.151 e. The molecule has 7 heteroatoms. The Balaban J connectivity index is 2.11. The van der Waals surface area contributed by atoms with Gasteiger partial charge in [0.05, 0.1) is 25.1 Å². The van der Waals surface area contributed by atoms with Crippen LogP contribution >= 0.6 is 11.6 Å². The predicted molar refractivity (Wildman–Crippen MR) is 84.3 cm³/mol. The van der Waals surface area contributed by atoms with Gasteiger partial charge in [0.15, 0.2) is 9.84 Å². The molecule has 0 radical (unpaired) electrons. The summed E-state index contributed by atoms with van der Waals surface area (Å²) in [6, 6.07) is 7.30. The van der Waals surface area contributed by atoms with Crippen LogP contribution in [-0.2, 0) is 21.2 Å². The monoisotopic (exact) mass is 335 g/mol. The van der Waals surface area contributed by atoms with E-state index in [-0.39, 0.29) is 18.1 Å². The number of rotatable bonds is 10. The van der Waals surface area contributed by atoms with E-state index < -0.39 is 15.9 Å². The lowest BCUT2D eigenvalue weighted by Gasteiger charge is -2.12. The van der Waals surface area contributed by atoms with Gasteiger partial charge in [-0.3, -0.25) is 0 Å². The van der Waals surface area contributed by atoms with E-state index >= 15 is 0 Å². The molecule has 0 heterocycles. The number of nitrogens with one attached hydrogen (secondary N) is 1. The van der Waals surface area contributed by atoms with Crippen molar-refractivity contribution in [3.63, 3.8) is 0 Å². The molecule has 0 saturated heterocycles. The molecule has 120 valence electrons. The fourth-order valence-corrected chi connectivity index (χ4v) is 2.46. The van der Waals surface area contributed by atoms with E-state index in [9.17, 15) is 13.5 Å². The SMILES string of the molecule is CCS(=O)(=O)CCNCC(O)COCc1ccc(Cl)cc1. The Labute approximate surface area is 131 Å². The van der Waals surface area contributed by atoms with Crippen LogP contribution in [0.4, 0.5) is 0 Å². The summed E-state index contributed by atoms with van der Waals surface area (Å²) in [6.45, 7) is 2.85. The van der Waals surface area contributed by atoms with Gasteiger partial charge in [-0.2, -0.15) is 0 Å². The fraction of sp³-hybridized carbons (Fsp3) is 0.571. The zero-order chi connectivity index (χ0) is 15.7. The molecule has 1 rings (SSSR count). The maximum Gasteiger partial charge on any atom is 0.151 e. The maximum absolute atomic E-state index is 11.3. The third-order valence-electron chi connectivity index (χ3n) is 2.90. The minimum atomic E-state index is -2.96. The molecular weight excluding hydrogens is 314 g/mol. The number of halogens is 1. The molecule has 0 bridgehead atoms. The number of hydrogen-bond acceptors (Lipinski definition) is 5. The molecule has 2 N–H and O–H groups in total. The zero-order valence-corrected chi connectivity index (χ0v) is 13.7. The van der Waals surface area contributed by atoms with Gasteiger partial charge in [-0.1, -0.05) is 30.7 Å². The second-order valence-electron chi connectivity index (χ2n) is 4.74. The van der Waals surface area contributed by atoms with Crippen LogP contribution < -0.4 is 5.32 Å². The summed E-state index contributed by atoms with van der Waals surface area (Å²) in [5, 5.41) is 13.3. The summed E-state index contributed by atoms with van der Waals surface area (Å²) in [7, 11) is -2.96. The van der Waals surface area contributed by atoms with Gasteiger partial charge in [0.25, 0.3) is 0 Å². The molecule has 5 nitrogen and oxygen atoms in total. The Morgan fingerprint density at radius 1 is 1.33 bits per heavy atom. The Morgan fingerprint density at radius 2 is 2.00 bits per heavy atom. The highest BCUT2D eigenvalue weighted by Crippen LogP contribution is 2.10. The summed E-state index contributed by atoms with van der Waals surface area (Å²) in [6.07, 6.45) is -0.665. The molecule has 0 aromatic heterocycles. The van der Waals surface area contributed by atoms with E-state index in [1.54, 1.807) is 19.1 Å². The molecule has 21 heavy (non-hydrogen) atoms. The number of hydrogen-bond donors (Lipinski definition) is 2. The average Bonchev–Trinajstić information content (AvgIpc) is 2.46. The molecular formula is C14H22ClNO4S. The van der Waals surface area contributed by atoms with Crippen molar-refractivity contribution >= 4 is 21.4 Å². The van der Waals surface area contributed by atoms with Crippen molar-refractivity contribution in [3.8, 4) is 0 Å². The van der Waals surface area contributed by atoms with Crippen molar-refractivity contribution in [1.82, 2.24) is 5.32 Å². The highest BCUT2D eigenvalue weighted by atomic mass is 35.5. The molecule has 0 aliphatic carbocycles. The summed E-state index contributed by atoms with van der Waals surface area (Å²) >= 11 is 5.78. The molecule has 1 unspecified atom stereocenters. The zero-order valence-electron chi connectivity index (χ0n) is 12.1. The van der Waals surface area contributed by atoms with Gasteiger partial charge in [0, 0.05) is 23.9 Å². The number of ether oxygens (including phenoxy) is 1. The van der Waals surface area contributed by atoms with Crippen LogP contribution in [0.25, 0.3) is 0 Å². The molecule has 0 saturated carbocycles. The predicted octanol–water partition coefficient (Wildman–Crippen LogP) is 1.24. The van der Waals surface area contributed by atoms with Crippen molar-refractivity contribution in [2.75, 3.05) is 31.2 Å². The second-order valence-corrected chi connectivity index (χ2v) is 7.65. The van der Waals surface area contributed by atoms with E-state index in [0.717, 1.165) is 5.56 Å². The van der Waals surface area contributed by atoms with Crippen molar-refractivity contribution in [3.05, 3.63) is 34.9 Å². The van der Waals surface area contributed by atoms with Gasteiger partial charge in [0.2, 0.25) is 0 Å². The molecule has 1 aromatic carbocycles. The van der Waals surface area contributed by atoms with E-state index in [0.29, 0.717) is 24.7 Å². The summed E-state index contributed by atoms with van der Waals surface area (Å²) < 4.78 is 27.9.